The lowest BCUT2D eigenvalue weighted by Crippen LogP contribution is -2.60. The second-order valence-electron chi connectivity index (χ2n) is 8.74. The number of carbonyl (C=O) groups excluding carboxylic acids is 1. The quantitative estimate of drug-likeness (QED) is 0.466. The number of benzene rings is 2. The maximum Gasteiger partial charge on any atom is 0.229 e. The molecule has 0 aromatic heterocycles. The molecule has 0 amide bonds. The van der Waals surface area contributed by atoms with Gasteiger partial charge in [0.25, 0.3) is 0 Å². The molecule has 1 heterocycles. The van der Waals surface area contributed by atoms with Crippen LogP contribution in [0.2, 0.25) is 0 Å². The number of aromatic hydroxyl groups is 1. The van der Waals surface area contributed by atoms with Crippen molar-refractivity contribution in [2.24, 2.45) is 0 Å². The van der Waals surface area contributed by atoms with Gasteiger partial charge >= 0.3 is 0 Å². The number of hydrogen-bond donors (Lipinski definition) is 5. The van der Waals surface area contributed by atoms with Gasteiger partial charge in [0.2, 0.25) is 6.29 Å². The van der Waals surface area contributed by atoms with Crippen molar-refractivity contribution in [3.05, 3.63) is 47.5 Å². The minimum Gasteiger partial charge on any atom is -0.507 e. The molecule has 8 heteroatoms. The first-order chi connectivity index (χ1) is 15.9. The average molecular weight is 459 g/mol. The highest BCUT2D eigenvalue weighted by molar-refractivity contribution is 5.79. The third-order valence-corrected chi connectivity index (χ3v) is 6.35. The summed E-state index contributed by atoms with van der Waals surface area (Å²) in [5.74, 6) is 0.559. The van der Waals surface area contributed by atoms with Gasteiger partial charge in [0, 0.05) is 24.0 Å². The standard InChI is InChI=1S/C25H30O8/c26-13-21-22(29)23(30)24(31)25(33-21)32-20-10-7-15-5-8-16(27)4-2-1-3-14-6-9-19(28)17(11-14)18(20)12-15/h6-7,9-12,21-26,28-31H,1-5,8,13H2. The van der Waals surface area contributed by atoms with Gasteiger partial charge in [0.05, 0.1) is 6.61 Å². The molecular formula is C25H30O8. The molecule has 8 nitrogen and oxygen atoms in total. The molecular weight excluding hydrogens is 428 g/mol. The molecule has 33 heavy (non-hydrogen) atoms. The minimum absolute atomic E-state index is 0.0560. The van der Waals surface area contributed by atoms with E-state index in [2.05, 4.69) is 0 Å². The Hall–Kier alpha value is -2.49. The van der Waals surface area contributed by atoms with Crippen molar-refractivity contribution < 1.29 is 39.8 Å². The molecule has 2 aliphatic rings. The number of Topliss-reactive ketones (excluding diaryl/α,β-unsaturated/α-hetero) is 1. The highest BCUT2D eigenvalue weighted by Gasteiger charge is 2.45. The lowest BCUT2D eigenvalue weighted by molar-refractivity contribution is -0.277. The van der Waals surface area contributed by atoms with Gasteiger partial charge in [-0.2, -0.15) is 0 Å². The molecule has 1 aliphatic heterocycles. The third-order valence-electron chi connectivity index (χ3n) is 6.35. The topological polar surface area (TPSA) is 137 Å². The summed E-state index contributed by atoms with van der Waals surface area (Å²) in [6.45, 7) is -0.562. The first kappa shape index (κ1) is 23.7. The van der Waals surface area contributed by atoms with E-state index in [4.69, 9.17) is 9.47 Å². The van der Waals surface area contributed by atoms with Crippen molar-refractivity contribution in [1.29, 1.82) is 0 Å². The van der Waals surface area contributed by atoms with Crippen LogP contribution in [0.25, 0.3) is 11.1 Å². The summed E-state index contributed by atoms with van der Waals surface area (Å²) in [7, 11) is 0. The van der Waals surface area contributed by atoms with Crippen molar-refractivity contribution in [3.63, 3.8) is 0 Å². The van der Waals surface area contributed by atoms with E-state index >= 15 is 0 Å². The van der Waals surface area contributed by atoms with Crippen molar-refractivity contribution in [1.82, 2.24) is 0 Å². The first-order valence-corrected chi connectivity index (χ1v) is 11.3. The van der Waals surface area contributed by atoms with E-state index < -0.39 is 37.3 Å². The maximum absolute atomic E-state index is 12.2. The Balaban J connectivity index is 1.72. The number of aliphatic hydroxyl groups excluding tert-OH is 4. The van der Waals surface area contributed by atoms with Gasteiger partial charge < -0.3 is 35.0 Å². The Kier molecular flexibility index (Phi) is 7.31. The largest absolute Gasteiger partial charge is 0.507 e. The van der Waals surface area contributed by atoms with Crippen LogP contribution in [0, 0.1) is 0 Å². The van der Waals surface area contributed by atoms with Gasteiger partial charge in [-0.15, -0.1) is 0 Å². The Morgan fingerprint density at radius 1 is 0.848 bits per heavy atom. The number of phenols is 1. The number of rotatable bonds is 3. The molecule has 5 N–H and O–H groups in total. The number of ketones is 1. The number of fused-ring (bicyclic) bond motifs is 5. The van der Waals surface area contributed by atoms with Gasteiger partial charge in [-0.1, -0.05) is 12.1 Å². The van der Waals surface area contributed by atoms with Gasteiger partial charge in [-0.05, 0) is 61.1 Å². The van der Waals surface area contributed by atoms with Gasteiger partial charge in [-0.3, -0.25) is 4.79 Å². The summed E-state index contributed by atoms with van der Waals surface area (Å²) in [4.78, 5) is 12.2. The molecule has 5 atom stereocenters. The molecule has 0 saturated carbocycles. The van der Waals surface area contributed by atoms with Crippen LogP contribution in [0.15, 0.2) is 36.4 Å². The lowest BCUT2D eigenvalue weighted by atomic mass is 9.96. The van der Waals surface area contributed by atoms with E-state index in [1.165, 1.54) is 0 Å². The summed E-state index contributed by atoms with van der Waals surface area (Å²) in [6.07, 6.45) is -3.07. The van der Waals surface area contributed by atoms with Crippen LogP contribution in [0.5, 0.6) is 11.5 Å². The van der Waals surface area contributed by atoms with Crippen LogP contribution in [0.4, 0.5) is 0 Å². The molecule has 2 aromatic rings. The van der Waals surface area contributed by atoms with Crippen molar-refractivity contribution >= 4 is 5.78 Å². The monoisotopic (exact) mass is 458 g/mol. The van der Waals surface area contributed by atoms with Gasteiger partial charge in [0.15, 0.2) is 0 Å². The highest BCUT2D eigenvalue weighted by atomic mass is 16.7. The summed E-state index contributed by atoms with van der Waals surface area (Å²) >= 11 is 0. The Labute approximate surface area is 192 Å². The van der Waals surface area contributed by atoms with Crippen LogP contribution in [-0.2, 0) is 22.4 Å². The molecule has 178 valence electrons. The zero-order valence-corrected chi connectivity index (χ0v) is 18.3. The Morgan fingerprint density at radius 2 is 1.55 bits per heavy atom. The summed E-state index contributed by atoms with van der Waals surface area (Å²) in [5, 5.41) is 50.6. The summed E-state index contributed by atoms with van der Waals surface area (Å²) < 4.78 is 11.4. The lowest BCUT2D eigenvalue weighted by Gasteiger charge is -2.39. The van der Waals surface area contributed by atoms with Gasteiger partial charge in [-0.25, -0.2) is 0 Å². The minimum atomic E-state index is -1.56. The van der Waals surface area contributed by atoms with E-state index in [0.29, 0.717) is 30.4 Å². The average Bonchev–Trinajstić information content (AvgIpc) is 2.82. The number of ether oxygens (including phenoxy) is 2. The van der Waals surface area contributed by atoms with E-state index in [1.807, 2.05) is 18.2 Å². The number of carbonyl (C=O) groups is 1. The molecule has 4 rings (SSSR count). The molecule has 2 aromatic carbocycles. The SMILES string of the molecule is O=C1CCCCc2ccc(O)c(c2)-c2cc(ccc2OC2OC(CO)C(O)C(O)C2O)CC1. The summed E-state index contributed by atoms with van der Waals surface area (Å²) in [6, 6.07) is 10.7. The molecule has 4 bridgehead atoms. The van der Waals surface area contributed by atoms with Crippen molar-refractivity contribution in [3.8, 4) is 22.6 Å². The smallest absolute Gasteiger partial charge is 0.229 e. The molecule has 1 saturated heterocycles. The number of aliphatic hydroxyl groups is 4. The van der Waals surface area contributed by atoms with E-state index in [1.54, 1.807) is 18.2 Å². The van der Waals surface area contributed by atoms with E-state index in [-0.39, 0.29) is 17.3 Å². The van der Waals surface area contributed by atoms with Crippen molar-refractivity contribution in [2.75, 3.05) is 6.61 Å². The van der Waals surface area contributed by atoms with E-state index in [9.17, 15) is 30.3 Å². The fourth-order valence-electron chi connectivity index (χ4n) is 4.35. The Bertz CT molecular complexity index is 988. The maximum atomic E-state index is 12.2. The number of hydrogen-bond acceptors (Lipinski definition) is 8. The fraction of sp³-hybridized carbons (Fsp3) is 0.480. The predicted octanol–water partition coefficient (Wildman–Crippen LogP) is 1.47. The fourth-order valence-corrected chi connectivity index (χ4v) is 4.35. The number of aryl methyl sites for hydroxylation is 2. The van der Waals surface area contributed by atoms with Crippen LogP contribution < -0.4 is 4.74 Å². The highest BCUT2D eigenvalue weighted by Crippen LogP contribution is 2.39. The summed E-state index contributed by atoms with van der Waals surface area (Å²) in [5.41, 5.74) is 3.00. The molecule has 1 aliphatic carbocycles. The van der Waals surface area contributed by atoms with Crippen molar-refractivity contribution in [2.45, 2.75) is 69.2 Å². The normalized spacial score (nSPS) is 28.4. The van der Waals surface area contributed by atoms with Crippen LogP contribution >= 0.6 is 0 Å². The first-order valence-electron chi connectivity index (χ1n) is 11.3. The zero-order chi connectivity index (χ0) is 23.5. The van der Waals surface area contributed by atoms with Crippen LogP contribution in [0.1, 0.15) is 36.8 Å². The molecule has 5 unspecified atom stereocenters. The second kappa shape index (κ2) is 10.2. The molecule has 0 spiro atoms. The van der Waals surface area contributed by atoms with E-state index in [0.717, 1.165) is 30.4 Å². The van der Waals surface area contributed by atoms with Crippen LogP contribution in [0.3, 0.4) is 0 Å². The van der Waals surface area contributed by atoms with Crippen LogP contribution in [-0.4, -0.2) is 68.6 Å². The predicted molar refractivity (Wildman–Crippen MR) is 119 cm³/mol. The zero-order valence-electron chi connectivity index (χ0n) is 18.3. The molecule has 0 radical (unpaired) electrons. The number of phenolic OH excluding ortho intramolecular Hbond substituents is 1. The third kappa shape index (κ3) is 5.20. The molecule has 1 fully saturated rings. The second-order valence-corrected chi connectivity index (χ2v) is 8.74. The van der Waals surface area contributed by atoms with Gasteiger partial charge in [0.1, 0.15) is 41.7 Å². The Morgan fingerprint density at radius 3 is 2.33 bits per heavy atom.